The summed E-state index contributed by atoms with van der Waals surface area (Å²) in [6.07, 6.45) is 0. The molecule has 1 heterocycles. The summed E-state index contributed by atoms with van der Waals surface area (Å²) in [6.45, 7) is 1.95. The van der Waals surface area contributed by atoms with Crippen molar-refractivity contribution in [3.05, 3.63) is 17.7 Å². The van der Waals surface area contributed by atoms with E-state index in [1.54, 1.807) is 0 Å². The zero-order valence-corrected chi connectivity index (χ0v) is 5.40. The first-order chi connectivity index (χ1) is 4.88. The van der Waals surface area contributed by atoms with Gasteiger partial charge in [-0.25, -0.2) is 4.63 Å². The van der Waals surface area contributed by atoms with E-state index in [9.17, 15) is 0 Å². The third-order valence-electron chi connectivity index (χ3n) is 1.42. The van der Waals surface area contributed by atoms with E-state index in [1.165, 1.54) is 0 Å². The summed E-state index contributed by atoms with van der Waals surface area (Å²) in [5.41, 5.74) is 2.63. The molecular formula is C6H5N3O. The highest BCUT2D eigenvalue weighted by atomic mass is 16.6. The van der Waals surface area contributed by atoms with Gasteiger partial charge in [-0.3, -0.25) is 0 Å². The molecule has 2 rings (SSSR count). The molecule has 2 aliphatic rings. The Morgan fingerprint density at radius 2 is 2.30 bits per heavy atom. The first-order valence-electron chi connectivity index (χ1n) is 2.92. The van der Waals surface area contributed by atoms with Crippen LogP contribution in [-0.2, 0) is 0 Å². The zero-order chi connectivity index (χ0) is 6.97. The zero-order valence-electron chi connectivity index (χ0n) is 5.40. The van der Waals surface area contributed by atoms with Crippen molar-refractivity contribution in [2.75, 3.05) is 0 Å². The molecule has 0 aromatic heterocycles. The molecule has 0 saturated heterocycles. The van der Waals surface area contributed by atoms with Crippen molar-refractivity contribution in [2.45, 2.75) is 6.92 Å². The van der Waals surface area contributed by atoms with E-state index < -0.39 is 0 Å². The van der Waals surface area contributed by atoms with Gasteiger partial charge in [-0.05, 0) is 23.7 Å². The molecule has 0 aromatic carbocycles. The Morgan fingerprint density at radius 1 is 1.40 bits per heavy atom. The second kappa shape index (κ2) is 1.76. The average Bonchev–Trinajstić information content (AvgIpc) is 2.34. The summed E-state index contributed by atoms with van der Waals surface area (Å²) < 4.78 is 4.42. The van der Waals surface area contributed by atoms with Gasteiger partial charge in [0.2, 0.25) is 0 Å². The third kappa shape index (κ3) is 0.586. The van der Waals surface area contributed by atoms with Crippen LogP contribution in [-0.4, -0.2) is 15.5 Å². The van der Waals surface area contributed by atoms with E-state index in [0.29, 0.717) is 0 Å². The molecule has 4 nitrogen and oxygen atoms in total. The van der Waals surface area contributed by atoms with Gasteiger partial charge in [0.15, 0.2) is 0 Å². The van der Waals surface area contributed by atoms with Crippen molar-refractivity contribution in [3.8, 4) is 11.4 Å². The Balaban J connectivity index is 2.78. The van der Waals surface area contributed by atoms with Gasteiger partial charge < -0.3 is 0 Å². The minimum Gasteiger partial charge on any atom is -0.223 e. The number of hydrogen-bond donors (Lipinski definition) is 0. The number of aryl methyl sites for hydroxylation is 1. The van der Waals surface area contributed by atoms with Gasteiger partial charge in [0.1, 0.15) is 11.4 Å². The molecule has 0 bridgehead atoms. The molecule has 0 N–H and O–H groups in total. The molecule has 0 saturated carbocycles. The molecular weight excluding hydrogens is 130 g/mol. The van der Waals surface area contributed by atoms with Crippen LogP contribution in [0.15, 0.2) is 16.8 Å². The maximum absolute atomic E-state index is 4.42. The van der Waals surface area contributed by atoms with Crippen molar-refractivity contribution < 1.29 is 4.63 Å². The fourth-order valence-electron chi connectivity index (χ4n) is 0.885. The van der Waals surface area contributed by atoms with Crippen LogP contribution >= 0.6 is 0 Å². The average molecular weight is 135 g/mol. The standard InChI is InChI=1S/C6H5N3O/c1-4-2-3-5-6(4)8-10-9-7-5/h2-3H,1H3. The molecule has 1 aliphatic heterocycles. The van der Waals surface area contributed by atoms with Crippen molar-refractivity contribution in [2.24, 2.45) is 0 Å². The summed E-state index contributed by atoms with van der Waals surface area (Å²) in [4.78, 5) is 0. The Morgan fingerprint density at radius 3 is 3.10 bits per heavy atom. The molecule has 0 aromatic rings. The molecule has 1 aliphatic carbocycles. The normalized spacial score (nSPS) is 10.5. The van der Waals surface area contributed by atoms with Crippen molar-refractivity contribution >= 4 is 0 Å². The molecule has 0 atom stereocenters. The van der Waals surface area contributed by atoms with Gasteiger partial charge in [-0.1, -0.05) is 6.07 Å². The Hall–Kier alpha value is -1.45. The summed E-state index contributed by atoms with van der Waals surface area (Å²) >= 11 is 0. The summed E-state index contributed by atoms with van der Waals surface area (Å²) in [7, 11) is 0. The van der Waals surface area contributed by atoms with Crippen LogP contribution in [0.5, 0.6) is 0 Å². The van der Waals surface area contributed by atoms with Gasteiger partial charge in [-0.15, -0.1) is 5.10 Å². The van der Waals surface area contributed by atoms with E-state index in [1.807, 2.05) is 19.1 Å². The third-order valence-corrected chi connectivity index (χ3v) is 1.42. The van der Waals surface area contributed by atoms with Crippen LogP contribution in [0.1, 0.15) is 5.56 Å². The quantitative estimate of drug-likeness (QED) is 0.538. The first-order valence-corrected chi connectivity index (χ1v) is 2.92. The predicted molar refractivity (Wildman–Crippen MR) is 33.5 cm³/mol. The van der Waals surface area contributed by atoms with Crippen LogP contribution in [0.2, 0.25) is 0 Å². The minimum atomic E-state index is 0.781. The maximum Gasteiger partial charge on any atom is 0.136 e. The monoisotopic (exact) mass is 135 g/mol. The number of rotatable bonds is 0. The van der Waals surface area contributed by atoms with E-state index >= 15 is 0 Å². The lowest BCUT2D eigenvalue weighted by Gasteiger charge is -1.90. The van der Waals surface area contributed by atoms with Gasteiger partial charge in [-0.2, -0.15) is 0 Å². The van der Waals surface area contributed by atoms with Crippen LogP contribution in [0, 0.1) is 6.92 Å². The number of aromatic nitrogens is 3. The molecule has 0 fully saturated rings. The van der Waals surface area contributed by atoms with E-state index in [-0.39, 0.29) is 0 Å². The second-order valence-corrected chi connectivity index (χ2v) is 2.10. The van der Waals surface area contributed by atoms with Gasteiger partial charge in [0.05, 0.1) is 5.27 Å². The predicted octanol–water partition coefficient (Wildman–Crippen LogP) is 0.878. The van der Waals surface area contributed by atoms with Crippen LogP contribution in [0.3, 0.4) is 0 Å². The number of fused-ring (bicyclic) bond motifs is 1. The lowest BCUT2D eigenvalue weighted by atomic mass is 10.3. The highest BCUT2D eigenvalue weighted by molar-refractivity contribution is 5.60. The molecule has 50 valence electrons. The Labute approximate surface area is 57.2 Å². The number of hydrogen-bond acceptors (Lipinski definition) is 4. The van der Waals surface area contributed by atoms with Gasteiger partial charge in [0.25, 0.3) is 0 Å². The molecule has 0 amide bonds. The molecule has 0 unspecified atom stereocenters. The van der Waals surface area contributed by atoms with E-state index in [4.69, 9.17) is 0 Å². The largest absolute Gasteiger partial charge is 0.223 e. The van der Waals surface area contributed by atoms with Crippen molar-refractivity contribution in [3.63, 3.8) is 0 Å². The topological polar surface area (TPSA) is 51.8 Å². The summed E-state index contributed by atoms with van der Waals surface area (Å²) in [6, 6.07) is 3.79. The van der Waals surface area contributed by atoms with Crippen LogP contribution in [0.25, 0.3) is 11.4 Å². The molecule has 0 spiro atoms. The summed E-state index contributed by atoms with van der Waals surface area (Å²) in [5, 5.41) is 10.7. The van der Waals surface area contributed by atoms with Crippen LogP contribution < -0.4 is 0 Å². The van der Waals surface area contributed by atoms with Crippen LogP contribution in [0.4, 0.5) is 0 Å². The highest BCUT2D eigenvalue weighted by Gasteiger charge is 2.09. The Kier molecular flexibility index (Phi) is 0.943. The number of nitrogens with zero attached hydrogens (tertiary/aromatic N) is 3. The maximum atomic E-state index is 4.42. The molecule has 0 radical (unpaired) electrons. The smallest absolute Gasteiger partial charge is 0.136 e. The van der Waals surface area contributed by atoms with Crippen molar-refractivity contribution in [1.82, 2.24) is 15.5 Å². The SMILES string of the molecule is Cc1ccc2nnonc1-2. The molecule has 4 heteroatoms. The van der Waals surface area contributed by atoms with Gasteiger partial charge >= 0.3 is 0 Å². The lowest BCUT2D eigenvalue weighted by molar-refractivity contribution is 0.255. The fraction of sp³-hybridized carbons (Fsp3) is 0.167. The first kappa shape index (κ1) is 5.34. The summed E-state index contributed by atoms with van der Waals surface area (Å²) in [5.74, 6) is 0. The minimum absolute atomic E-state index is 0.781. The second-order valence-electron chi connectivity index (χ2n) is 2.10. The fourth-order valence-corrected chi connectivity index (χ4v) is 0.885. The van der Waals surface area contributed by atoms with Crippen molar-refractivity contribution in [1.29, 1.82) is 0 Å². The Bertz CT molecular complexity index is 317. The lowest BCUT2D eigenvalue weighted by Crippen LogP contribution is -1.89. The molecule has 10 heavy (non-hydrogen) atoms. The van der Waals surface area contributed by atoms with E-state index in [2.05, 4.69) is 20.2 Å². The van der Waals surface area contributed by atoms with E-state index in [0.717, 1.165) is 17.0 Å². The highest BCUT2D eigenvalue weighted by Crippen LogP contribution is 2.20. The van der Waals surface area contributed by atoms with Gasteiger partial charge in [0, 0.05) is 0 Å².